The van der Waals surface area contributed by atoms with Crippen LogP contribution in [0.25, 0.3) is 21.2 Å². The Hall–Kier alpha value is -2.68. The maximum Gasteiger partial charge on any atom is 0.313 e. The number of para-hydroxylation sites is 1. The molecule has 146 valence electrons. The number of thiazole rings is 2. The standard InChI is InChI=1S/C21H16N2O3S3/c24-20(25)12-28-19(21-23-17-3-1-2-4-18(17)29-21)9-14-5-7-16(8-6-14)26-10-15-11-27-13-22-15/h1-9,11,13H,10,12H2,(H,24,25). The lowest BCUT2D eigenvalue weighted by atomic mass is 10.2. The van der Waals surface area contributed by atoms with Crippen molar-refractivity contribution in [1.29, 1.82) is 0 Å². The number of nitrogens with zero attached hydrogens (tertiary/aromatic N) is 2. The van der Waals surface area contributed by atoms with Crippen LogP contribution in [0.15, 0.2) is 59.4 Å². The Morgan fingerprint density at radius 1 is 1.17 bits per heavy atom. The van der Waals surface area contributed by atoms with Gasteiger partial charge in [0.1, 0.15) is 17.4 Å². The van der Waals surface area contributed by atoms with Gasteiger partial charge in [-0.2, -0.15) is 0 Å². The van der Waals surface area contributed by atoms with E-state index < -0.39 is 5.97 Å². The quantitative estimate of drug-likeness (QED) is 0.382. The van der Waals surface area contributed by atoms with E-state index in [1.165, 1.54) is 11.8 Å². The molecule has 0 aliphatic rings. The summed E-state index contributed by atoms with van der Waals surface area (Å²) < 4.78 is 6.82. The molecule has 0 unspecified atom stereocenters. The average Bonchev–Trinajstić information content (AvgIpc) is 3.39. The van der Waals surface area contributed by atoms with Crippen molar-refractivity contribution in [3.05, 3.63) is 75.7 Å². The van der Waals surface area contributed by atoms with E-state index in [0.29, 0.717) is 6.61 Å². The second-order valence-corrected chi connectivity index (χ2v) is 8.78. The van der Waals surface area contributed by atoms with E-state index in [-0.39, 0.29) is 5.75 Å². The molecule has 0 saturated carbocycles. The summed E-state index contributed by atoms with van der Waals surface area (Å²) in [4.78, 5) is 20.8. The first-order valence-corrected chi connectivity index (χ1v) is 11.4. The molecule has 0 radical (unpaired) electrons. The lowest BCUT2D eigenvalue weighted by Gasteiger charge is -2.06. The van der Waals surface area contributed by atoms with Gasteiger partial charge in [0.15, 0.2) is 0 Å². The van der Waals surface area contributed by atoms with Crippen molar-refractivity contribution in [3.8, 4) is 5.75 Å². The number of benzene rings is 2. The summed E-state index contributed by atoms with van der Waals surface area (Å²) >= 11 is 4.38. The van der Waals surface area contributed by atoms with Crippen molar-refractivity contribution in [1.82, 2.24) is 9.97 Å². The highest BCUT2D eigenvalue weighted by Gasteiger charge is 2.12. The molecular weight excluding hydrogens is 424 g/mol. The Balaban J connectivity index is 1.55. The van der Waals surface area contributed by atoms with Gasteiger partial charge in [0.05, 0.1) is 27.2 Å². The molecule has 0 aliphatic carbocycles. The van der Waals surface area contributed by atoms with E-state index in [2.05, 4.69) is 9.97 Å². The zero-order chi connectivity index (χ0) is 20.1. The van der Waals surface area contributed by atoms with Gasteiger partial charge < -0.3 is 9.84 Å². The van der Waals surface area contributed by atoms with Crippen LogP contribution in [0.3, 0.4) is 0 Å². The highest BCUT2D eigenvalue weighted by molar-refractivity contribution is 8.09. The molecule has 5 nitrogen and oxygen atoms in total. The van der Waals surface area contributed by atoms with Crippen molar-refractivity contribution in [3.63, 3.8) is 0 Å². The Bertz CT molecular complexity index is 1100. The number of hydrogen-bond acceptors (Lipinski definition) is 7. The molecule has 0 aliphatic heterocycles. The predicted molar refractivity (Wildman–Crippen MR) is 120 cm³/mol. The Morgan fingerprint density at radius 3 is 2.72 bits per heavy atom. The van der Waals surface area contributed by atoms with Gasteiger partial charge in [0.25, 0.3) is 0 Å². The predicted octanol–water partition coefficient (Wildman–Crippen LogP) is 5.65. The van der Waals surface area contributed by atoms with Gasteiger partial charge in [-0.15, -0.1) is 34.4 Å². The minimum atomic E-state index is -0.854. The van der Waals surface area contributed by atoms with E-state index >= 15 is 0 Å². The molecule has 4 rings (SSSR count). The van der Waals surface area contributed by atoms with Gasteiger partial charge in [0.2, 0.25) is 0 Å². The van der Waals surface area contributed by atoms with E-state index in [4.69, 9.17) is 9.84 Å². The third kappa shape index (κ3) is 5.23. The van der Waals surface area contributed by atoms with Crippen molar-refractivity contribution in [2.45, 2.75) is 6.61 Å². The Labute approximate surface area is 179 Å². The summed E-state index contributed by atoms with van der Waals surface area (Å²) in [7, 11) is 0. The number of aromatic nitrogens is 2. The van der Waals surface area contributed by atoms with Gasteiger partial charge in [-0.05, 0) is 35.9 Å². The maximum absolute atomic E-state index is 11.1. The van der Waals surface area contributed by atoms with E-state index in [0.717, 1.165) is 37.1 Å². The van der Waals surface area contributed by atoms with Crippen LogP contribution >= 0.6 is 34.4 Å². The van der Waals surface area contributed by atoms with Crippen LogP contribution in [0.4, 0.5) is 0 Å². The lowest BCUT2D eigenvalue weighted by molar-refractivity contribution is -0.133. The summed E-state index contributed by atoms with van der Waals surface area (Å²) in [6.07, 6.45) is 1.97. The Morgan fingerprint density at radius 2 is 2.00 bits per heavy atom. The number of ether oxygens (including phenoxy) is 1. The van der Waals surface area contributed by atoms with Crippen LogP contribution in [-0.4, -0.2) is 26.8 Å². The van der Waals surface area contributed by atoms with E-state index in [1.807, 2.05) is 60.0 Å². The van der Waals surface area contributed by atoms with Gasteiger partial charge in [-0.1, -0.05) is 24.3 Å². The summed E-state index contributed by atoms with van der Waals surface area (Å²) in [5, 5.41) is 11.9. The third-order valence-corrected chi connectivity index (χ3v) is 6.75. The highest BCUT2D eigenvalue weighted by atomic mass is 32.2. The minimum absolute atomic E-state index is 0.0173. The molecule has 2 aromatic heterocycles. The second-order valence-electron chi connectivity index (χ2n) is 6.02. The number of carbonyl (C=O) groups is 1. The molecule has 2 heterocycles. The lowest BCUT2D eigenvalue weighted by Crippen LogP contribution is -1.98. The first-order valence-electron chi connectivity index (χ1n) is 8.69. The first kappa shape index (κ1) is 19.6. The average molecular weight is 441 g/mol. The molecule has 2 aromatic carbocycles. The summed E-state index contributed by atoms with van der Waals surface area (Å²) in [6, 6.07) is 15.6. The molecule has 0 amide bonds. The molecule has 4 aromatic rings. The number of rotatable bonds is 8. The summed E-state index contributed by atoms with van der Waals surface area (Å²) in [5.74, 6) is -0.112. The van der Waals surface area contributed by atoms with Crippen LogP contribution in [0.1, 0.15) is 16.3 Å². The first-order chi connectivity index (χ1) is 14.2. The summed E-state index contributed by atoms with van der Waals surface area (Å²) in [6.45, 7) is 0.435. The topological polar surface area (TPSA) is 72.3 Å². The molecule has 29 heavy (non-hydrogen) atoms. The normalized spacial score (nSPS) is 11.7. The number of carboxylic acid groups (broad SMARTS) is 1. The van der Waals surface area contributed by atoms with Crippen molar-refractivity contribution in [2.75, 3.05) is 5.75 Å². The van der Waals surface area contributed by atoms with E-state index in [1.54, 1.807) is 28.2 Å². The fourth-order valence-corrected chi connectivity index (χ4v) is 4.95. The fourth-order valence-electron chi connectivity index (χ4n) is 2.56. The number of thioether (sulfide) groups is 1. The maximum atomic E-state index is 11.1. The number of fused-ring (bicyclic) bond motifs is 1. The SMILES string of the molecule is O=C(O)CSC(=Cc1ccc(OCc2cscn2)cc1)c1nc2ccccc2s1. The van der Waals surface area contributed by atoms with Crippen LogP contribution in [0.5, 0.6) is 5.75 Å². The molecule has 0 fully saturated rings. The van der Waals surface area contributed by atoms with Crippen LogP contribution < -0.4 is 4.74 Å². The molecule has 0 saturated heterocycles. The minimum Gasteiger partial charge on any atom is -0.487 e. The van der Waals surface area contributed by atoms with Gasteiger partial charge in [-0.25, -0.2) is 9.97 Å². The van der Waals surface area contributed by atoms with Crippen LogP contribution in [0, 0.1) is 0 Å². The molecule has 8 heteroatoms. The molecule has 0 spiro atoms. The number of carboxylic acids is 1. The van der Waals surface area contributed by atoms with Crippen molar-refractivity contribution in [2.24, 2.45) is 0 Å². The summed E-state index contributed by atoms with van der Waals surface area (Å²) in [5.41, 5.74) is 4.56. The molecule has 1 N–H and O–H groups in total. The smallest absolute Gasteiger partial charge is 0.313 e. The van der Waals surface area contributed by atoms with Gasteiger partial charge in [-0.3, -0.25) is 4.79 Å². The molecule has 0 bridgehead atoms. The highest BCUT2D eigenvalue weighted by Crippen LogP contribution is 2.35. The number of aliphatic carboxylic acids is 1. The Kier molecular flexibility index (Phi) is 6.24. The fraction of sp³-hybridized carbons (Fsp3) is 0.0952. The largest absolute Gasteiger partial charge is 0.487 e. The van der Waals surface area contributed by atoms with Crippen molar-refractivity contribution >= 4 is 61.6 Å². The molecular formula is C21H16N2O3S3. The van der Waals surface area contributed by atoms with Gasteiger partial charge >= 0.3 is 5.97 Å². The van der Waals surface area contributed by atoms with Crippen LogP contribution in [0.2, 0.25) is 0 Å². The zero-order valence-electron chi connectivity index (χ0n) is 15.1. The van der Waals surface area contributed by atoms with E-state index in [9.17, 15) is 4.79 Å². The van der Waals surface area contributed by atoms with Crippen molar-refractivity contribution < 1.29 is 14.6 Å². The second kappa shape index (κ2) is 9.21. The molecule has 0 atom stereocenters. The van der Waals surface area contributed by atoms with Gasteiger partial charge in [0, 0.05) is 10.3 Å². The number of hydrogen-bond donors (Lipinski definition) is 1. The zero-order valence-corrected chi connectivity index (χ0v) is 17.6. The van der Waals surface area contributed by atoms with Crippen LogP contribution in [-0.2, 0) is 11.4 Å². The third-order valence-electron chi connectivity index (χ3n) is 3.90. The monoisotopic (exact) mass is 440 g/mol.